The number of nitrogens with one attached hydrogen (secondary N) is 1. The van der Waals surface area contributed by atoms with Crippen LogP contribution in [0, 0.1) is 5.92 Å². The van der Waals surface area contributed by atoms with Crippen molar-refractivity contribution in [3.8, 4) is 5.75 Å². The number of benzene rings is 1. The first-order valence-electron chi connectivity index (χ1n) is 7.01. The van der Waals surface area contributed by atoms with Gasteiger partial charge in [-0.3, -0.25) is 9.59 Å². The van der Waals surface area contributed by atoms with E-state index in [9.17, 15) is 9.59 Å². The smallest absolute Gasteiger partial charge is 0.224 e. The third-order valence-electron chi connectivity index (χ3n) is 2.71. The van der Waals surface area contributed by atoms with Crippen LogP contribution in [0.2, 0.25) is 0 Å². The molecule has 0 heterocycles. The van der Waals surface area contributed by atoms with Gasteiger partial charge in [-0.2, -0.15) is 0 Å². The predicted molar refractivity (Wildman–Crippen MR) is 80.3 cm³/mol. The number of ketones is 1. The molecule has 0 aliphatic heterocycles. The molecule has 4 heteroatoms. The number of carbonyl (C=O) groups is 2. The van der Waals surface area contributed by atoms with E-state index >= 15 is 0 Å². The maximum atomic E-state index is 11.7. The third-order valence-corrected chi connectivity index (χ3v) is 2.71. The Bertz CT molecular complexity index is 481. The van der Waals surface area contributed by atoms with E-state index < -0.39 is 0 Å². The molecule has 1 aromatic carbocycles. The van der Waals surface area contributed by atoms with Gasteiger partial charge in [0.25, 0.3) is 0 Å². The summed E-state index contributed by atoms with van der Waals surface area (Å²) < 4.78 is 5.69. The summed E-state index contributed by atoms with van der Waals surface area (Å²) in [7, 11) is 0. The van der Waals surface area contributed by atoms with E-state index in [1.807, 2.05) is 6.92 Å². The number of carbonyl (C=O) groups excluding carboxylic acids is 2. The molecule has 0 aromatic heterocycles. The minimum absolute atomic E-state index is 0.0357. The Hall–Kier alpha value is -1.84. The molecule has 0 aliphatic rings. The fraction of sp³-hybridized carbons (Fsp3) is 0.500. The summed E-state index contributed by atoms with van der Waals surface area (Å²) in [6.45, 7) is 8.12. The first-order chi connectivity index (χ1) is 9.43. The maximum Gasteiger partial charge on any atom is 0.224 e. The lowest BCUT2D eigenvalue weighted by molar-refractivity contribution is -0.116. The van der Waals surface area contributed by atoms with Gasteiger partial charge in [0.2, 0.25) is 5.91 Å². The fourth-order valence-corrected chi connectivity index (χ4v) is 1.67. The molecule has 1 aromatic rings. The summed E-state index contributed by atoms with van der Waals surface area (Å²) in [4.78, 5) is 23.2. The average Bonchev–Trinajstić information content (AvgIpc) is 2.37. The van der Waals surface area contributed by atoms with Crippen LogP contribution >= 0.6 is 0 Å². The zero-order chi connectivity index (χ0) is 15.1. The summed E-state index contributed by atoms with van der Waals surface area (Å²) in [6.07, 6.45) is 1.23. The molecule has 4 nitrogen and oxygen atoms in total. The highest BCUT2D eigenvalue weighted by Gasteiger charge is 2.11. The quantitative estimate of drug-likeness (QED) is 0.774. The molecular formula is C16H23NO3. The van der Waals surface area contributed by atoms with Crippen LogP contribution in [0.1, 0.15) is 50.9 Å². The number of ether oxygens (including phenoxy) is 1. The van der Waals surface area contributed by atoms with Gasteiger partial charge in [-0.1, -0.05) is 20.8 Å². The van der Waals surface area contributed by atoms with Crippen molar-refractivity contribution < 1.29 is 14.3 Å². The highest BCUT2D eigenvalue weighted by atomic mass is 16.5. The molecular weight excluding hydrogens is 254 g/mol. The second-order valence-electron chi connectivity index (χ2n) is 5.27. The molecule has 0 atom stereocenters. The Morgan fingerprint density at radius 3 is 2.55 bits per heavy atom. The highest BCUT2D eigenvalue weighted by Crippen LogP contribution is 2.27. The van der Waals surface area contributed by atoms with E-state index in [4.69, 9.17) is 4.74 Å². The van der Waals surface area contributed by atoms with Crippen molar-refractivity contribution in [3.63, 3.8) is 0 Å². The van der Waals surface area contributed by atoms with Gasteiger partial charge in [-0.05, 0) is 37.5 Å². The monoisotopic (exact) mass is 277 g/mol. The molecule has 0 bridgehead atoms. The second-order valence-corrected chi connectivity index (χ2v) is 5.27. The zero-order valence-corrected chi connectivity index (χ0v) is 12.7. The van der Waals surface area contributed by atoms with Crippen LogP contribution in [0.25, 0.3) is 0 Å². The third kappa shape index (κ3) is 5.03. The number of hydrogen-bond acceptors (Lipinski definition) is 3. The number of anilines is 1. The number of Topliss-reactive ketones (excluding diaryl/α,β-unsaturated/α-hetero) is 1. The summed E-state index contributed by atoms with van der Waals surface area (Å²) in [5, 5.41) is 2.81. The normalized spacial score (nSPS) is 10.4. The van der Waals surface area contributed by atoms with Crippen LogP contribution in [-0.2, 0) is 4.79 Å². The van der Waals surface area contributed by atoms with E-state index in [1.165, 1.54) is 6.92 Å². The van der Waals surface area contributed by atoms with Gasteiger partial charge in [0.1, 0.15) is 5.75 Å². The summed E-state index contributed by atoms with van der Waals surface area (Å²) in [5.74, 6) is 0.892. The molecule has 0 fully saturated rings. The lowest BCUT2D eigenvalue weighted by Crippen LogP contribution is -2.13. The van der Waals surface area contributed by atoms with Crippen molar-refractivity contribution in [3.05, 3.63) is 23.8 Å². The van der Waals surface area contributed by atoms with Crippen LogP contribution in [0.5, 0.6) is 5.75 Å². The Balaban J connectivity index is 2.96. The molecule has 1 amide bonds. The molecule has 20 heavy (non-hydrogen) atoms. The van der Waals surface area contributed by atoms with E-state index in [0.717, 1.165) is 6.42 Å². The fourth-order valence-electron chi connectivity index (χ4n) is 1.67. The van der Waals surface area contributed by atoms with Crippen LogP contribution < -0.4 is 10.1 Å². The largest absolute Gasteiger partial charge is 0.491 e. The Labute approximate surface area is 120 Å². The van der Waals surface area contributed by atoms with Crippen molar-refractivity contribution >= 4 is 17.4 Å². The minimum atomic E-state index is -0.0670. The molecule has 0 aliphatic carbocycles. The minimum Gasteiger partial charge on any atom is -0.491 e. The van der Waals surface area contributed by atoms with Crippen molar-refractivity contribution in [2.45, 2.75) is 40.5 Å². The van der Waals surface area contributed by atoms with Crippen molar-refractivity contribution in [1.29, 1.82) is 0 Å². The van der Waals surface area contributed by atoms with Gasteiger partial charge in [0.05, 0.1) is 12.3 Å². The standard InChI is InChI=1S/C16H23NO3/c1-5-6-16(19)17-14-9-13(12(4)18)7-8-15(14)20-10-11(2)3/h7-9,11H,5-6,10H2,1-4H3,(H,17,19). The van der Waals surface area contributed by atoms with Crippen LogP contribution in [0.4, 0.5) is 5.69 Å². The van der Waals surface area contributed by atoms with Crippen molar-refractivity contribution in [2.24, 2.45) is 5.92 Å². The van der Waals surface area contributed by atoms with E-state index in [2.05, 4.69) is 19.2 Å². The van der Waals surface area contributed by atoms with Gasteiger partial charge in [-0.25, -0.2) is 0 Å². The predicted octanol–water partition coefficient (Wildman–Crippen LogP) is 3.66. The van der Waals surface area contributed by atoms with Crippen LogP contribution in [0.15, 0.2) is 18.2 Å². The average molecular weight is 277 g/mol. The number of hydrogen-bond donors (Lipinski definition) is 1. The Morgan fingerprint density at radius 2 is 2.00 bits per heavy atom. The van der Waals surface area contributed by atoms with Crippen molar-refractivity contribution in [2.75, 3.05) is 11.9 Å². The molecule has 0 radical (unpaired) electrons. The summed E-state index contributed by atoms with van der Waals surface area (Å²) in [6, 6.07) is 5.12. The lowest BCUT2D eigenvalue weighted by Gasteiger charge is -2.14. The van der Waals surface area contributed by atoms with Crippen molar-refractivity contribution in [1.82, 2.24) is 0 Å². The van der Waals surface area contributed by atoms with Gasteiger partial charge in [0.15, 0.2) is 5.78 Å². The Kier molecular flexibility index (Phi) is 6.22. The lowest BCUT2D eigenvalue weighted by atomic mass is 10.1. The molecule has 0 saturated heterocycles. The van der Waals surface area contributed by atoms with Crippen LogP contribution in [-0.4, -0.2) is 18.3 Å². The van der Waals surface area contributed by atoms with Gasteiger partial charge < -0.3 is 10.1 Å². The molecule has 1 N–H and O–H groups in total. The van der Waals surface area contributed by atoms with Gasteiger partial charge in [0, 0.05) is 12.0 Å². The molecule has 0 spiro atoms. The number of rotatable bonds is 7. The molecule has 110 valence electrons. The zero-order valence-electron chi connectivity index (χ0n) is 12.7. The van der Waals surface area contributed by atoms with E-state index in [1.54, 1.807) is 18.2 Å². The summed E-state index contributed by atoms with van der Waals surface area (Å²) in [5.41, 5.74) is 1.13. The Morgan fingerprint density at radius 1 is 1.30 bits per heavy atom. The van der Waals surface area contributed by atoms with Gasteiger partial charge in [-0.15, -0.1) is 0 Å². The molecule has 0 unspecified atom stereocenters. The highest BCUT2D eigenvalue weighted by molar-refractivity contribution is 5.98. The molecule has 0 saturated carbocycles. The maximum absolute atomic E-state index is 11.7. The molecule has 1 rings (SSSR count). The van der Waals surface area contributed by atoms with Crippen LogP contribution in [0.3, 0.4) is 0 Å². The summed E-state index contributed by atoms with van der Waals surface area (Å²) >= 11 is 0. The first-order valence-corrected chi connectivity index (χ1v) is 7.01. The topological polar surface area (TPSA) is 55.4 Å². The first kappa shape index (κ1) is 16.2. The van der Waals surface area contributed by atoms with E-state index in [0.29, 0.717) is 35.9 Å². The second kappa shape index (κ2) is 7.68. The SMILES string of the molecule is CCCC(=O)Nc1cc(C(C)=O)ccc1OCC(C)C. The van der Waals surface area contributed by atoms with E-state index in [-0.39, 0.29) is 11.7 Å². The number of amides is 1. The van der Waals surface area contributed by atoms with Gasteiger partial charge >= 0.3 is 0 Å².